The van der Waals surface area contributed by atoms with Crippen molar-refractivity contribution in [3.8, 4) is 5.75 Å². The lowest BCUT2D eigenvalue weighted by Crippen LogP contribution is -2.39. The summed E-state index contributed by atoms with van der Waals surface area (Å²) in [5.41, 5.74) is 0.857. The van der Waals surface area contributed by atoms with Crippen LogP contribution in [0.5, 0.6) is 5.75 Å². The lowest BCUT2D eigenvalue weighted by atomic mass is 9.77. The minimum atomic E-state index is -4.38. The van der Waals surface area contributed by atoms with Crippen LogP contribution in [0.25, 0.3) is 0 Å². The van der Waals surface area contributed by atoms with Crippen LogP contribution in [0.2, 0.25) is 0 Å². The van der Waals surface area contributed by atoms with Crippen LogP contribution in [0.15, 0.2) is 102 Å². The van der Waals surface area contributed by atoms with Crippen LogP contribution in [0, 0.1) is 11.3 Å². The number of nitrogens with zero attached hydrogens (tertiary/aromatic N) is 2. The molecule has 0 radical (unpaired) electrons. The first-order valence-corrected chi connectivity index (χ1v) is 18.9. The molecule has 1 aliphatic heterocycles. The van der Waals surface area contributed by atoms with Gasteiger partial charge in [0.1, 0.15) is 23.3 Å². The Kier molecular flexibility index (Phi) is 12.0. The van der Waals surface area contributed by atoms with Crippen molar-refractivity contribution in [3.05, 3.63) is 124 Å². The van der Waals surface area contributed by atoms with Gasteiger partial charge in [-0.1, -0.05) is 112 Å². The molecular formula is C37H44N3O8PS. The van der Waals surface area contributed by atoms with Gasteiger partial charge in [-0.25, -0.2) is 9.36 Å². The number of benzene rings is 3. The second kappa shape index (κ2) is 16.1. The van der Waals surface area contributed by atoms with Crippen LogP contribution in [0.3, 0.4) is 0 Å². The van der Waals surface area contributed by atoms with Gasteiger partial charge in [-0.05, 0) is 41.3 Å². The summed E-state index contributed by atoms with van der Waals surface area (Å²) in [4.78, 5) is 40.3. The number of anilines is 1. The highest BCUT2D eigenvalue weighted by Crippen LogP contribution is 2.45. The van der Waals surface area contributed by atoms with Crippen molar-refractivity contribution in [1.29, 1.82) is 0 Å². The molecular weight excluding hydrogens is 677 g/mol. The van der Waals surface area contributed by atoms with E-state index in [-0.39, 0.29) is 30.0 Å². The van der Waals surface area contributed by atoms with Gasteiger partial charge in [0.15, 0.2) is 5.12 Å². The molecule has 13 heteroatoms. The van der Waals surface area contributed by atoms with Crippen molar-refractivity contribution in [2.24, 2.45) is 11.3 Å². The summed E-state index contributed by atoms with van der Waals surface area (Å²) >= 11 is 1.04. The van der Waals surface area contributed by atoms with Gasteiger partial charge in [-0.3, -0.25) is 18.4 Å². The van der Waals surface area contributed by atoms with Gasteiger partial charge in [0.05, 0.1) is 26.4 Å². The van der Waals surface area contributed by atoms with Crippen molar-refractivity contribution in [1.82, 2.24) is 9.55 Å². The zero-order valence-electron chi connectivity index (χ0n) is 28.9. The smallest absolute Gasteiger partial charge is 0.472 e. The molecule has 3 aromatic carbocycles. The molecule has 0 spiro atoms. The summed E-state index contributed by atoms with van der Waals surface area (Å²) in [6.07, 6.45) is 0.911. The third-order valence-corrected chi connectivity index (χ3v) is 10.6. The minimum Gasteiger partial charge on any atom is -0.497 e. The molecule has 2 N–H and O–H groups in total. The van der Waals surface area contributed by atoms with Crippen LogP contribution in [0.4, 0.5) is 5.82 Å². The maximum atomic E-state index is 13.6. The first-order chi connectivity index (χ1) is 23.8. The first-order valence-electron chi connectivity index (χ1n) is 16.4. The monoisotopic (exact) mass is 721 g/mol. The average Bonchev–Trinajstić information content (AvgIpc) is 3.48. The van der Waals surface area contributed by atoms with E-state index in [9.17, 15) is 19.0 Å². The molecule has 0 bridgehead atoms. The predicted octanol–water partition coefficient (Wildman–Crippen LogP) is 7.02. The second-order valence-electron chi connectivity index (χ2n) is 13.2. The molecule has 0 saturated carbocycles. The number of hydrogen-bond acceptors (Lipinski definition) is 10. The molecule has 0 amide bonds. The van der Waals surface area contributed by atoms with Crippen molar-refractivity contribution in [2.45, 2.75) is 52.0 Å². The molecule has 0 aliphatic carbocycles. The summed E-state index contributed by atoms with van der Waals surface area (Å²) in [5, 5.41) is 3.57. The van der Waals surface area contributed by atoms with E-state index in [2.05, 4.69) is 10.3 Å². The molecule has 5 rings (SSSR count). The Labute approximate surface area is 297 Å². The van der Waals surface area contributed by atoms with Gasteiger partial charge >= 0.3 is 13.5 Å². The normalized spacial score (nSPS) is 19.1. The molecule has 50 heavy (non-hydrogen) atoms. The molecule has 1 saturated heterocycles. The quantitative estimate of drug-likeness (QED) is 0.0790. The molecule has 1 fully saturated rings. The lowest BCUT2D eigenvalue weighted by Gasteiger charge is -2.37. The molecule has 4 atom stereocenters. The summed E-state index contributed by atoms with van der Waals surface area (Å²) in [6, 6.07) is 29.5. The molecule has 1 unspecified atom stereocenters. The molecule has 11 nitrogen and oxygen atoms in total. The highest BCUT2D eigenvalue weighted by atomic mass is 32.2. The summed E-state index contributed by atoms with van der Waals surface area (Å²) in [6.45, 7) is 7.02. The number of ether oxygens (including phenoxy) is 2. The van der Waals surface area contributed by atoms with E-state index in [4.69, 9.17) is 18.5 Å². The summed E-state index contributed by atoms with van der Waals surface area (Å²) in [5.74, 6) is 1.19. The Hall–Kier alpha value is -3.77. The maximum Gasteiger partial charge on any atom is 0.472 e. The van der Waals surface area contributed by atoms with Gasteiger partial charge in [0, 0.05) is 23.3 Å². The first kappa shape index (κ1) is 37.5. The fourth-order valence-corrected chi connectivity index (χ4v) is 7.54. The second-order valence-corrected chi connectivity index (χ2v) is 15.7. The van der Waals surface area contributed by atoms with E-state index < -0.39 is 36.8 Å². The molecule has 2 heterocycles. The fourth-order valence-electron chi connectivity index (χ4n) is 5.89. The topological polar surface area (TPSA) is 138 Å². The number of hydrogen-bond donors (Lipinski definition) is 2. The Bertz CT molecular complexity index is 1790. The van der Waals surface area contributed by atoms with Crippen molar-refractivity contribution in [2.75, 3.05) is 31.4 Å². The van der Waals surface area contributed by atoms with Crippen molar-refractivity contribution >= 4 is 30.5 Å². The average molecular weight is 722 g/mol. The maximum absolute atomic E-state index is 13.6. The third kappa shape index (κ3) is 8.93. The number of phosphoric acid groups is 1. The standard InChI is InChI=1S/C37H44N3O8PS/c1-26-24-31(25-47-49(43,44)46-22-23-50-34(41)36(2,3)4)48-33(26)40-21-20-32(38-35(40)42)39-37(27-12-8-6-9-13-27,28-14-10-7-11-15-28)29-16-18-30(45-5)19-17-29/h6-21,26,31,33H,22-25H2,1-5H3,(H,43,44)(H,38,39,42)/t26-,31-,33+/m0/s1. The highest BCUT2D eigenvalue weighted by molar-refractivity contribution is 8.13. The van der Waals surface area contributed by atoms with Crippen LogP contribution in [-0.4, -0.2) is 51.7 Å². The third-order valence-electron chi connectivity index (χ3n) is 8.42. The number of carbonyl (C=O) groups excluding carboxylic acids is 1. The van der Waals surface area contributed by atoms with Gasteiger partial charge in [0.2, 0.25) is 0 Å². The molecule has 1 aliphatic rings. The van der Waals surface area contributed by atoms with Crippen molar-refractivity contribution in [3.63, 3.8) is 0 Å². The van der Waals surface area contributed by atoms with E-state index in [1.54, 1.807) is 40.1 Å². The van der Waals surface area contributed by atoms with E-state index >= 15 is 0 Å². The number of nitrogens with one attached hydrogen (secondary N) is 1. The molecule has 1 aromatic heterocycles. The number of aromatic nitrogens is 2. The summed E-state index contributed by atoms with van der Waals surface area (Å²) in [7, 11) is -2.75. The number of methoxy groups -OCH3 is 1. The fraction of sp³-hybridized carbons (Fsp3) is 0.378. The van der Waals surface area contributed by atoms with Crippen LogP contribution in [0.1, 0.15) is 57.0 Å². The number of carbonyl (C=O) groups is 1. The SMILES string of the molecule is COc1ccc(C(Nc2ccn([C@@H]3O[C@H](COP(=O)(O)OCCSC(=O)C(C)(C)C)C[C@@H]3C)c(=O)n2)(c2ccccc2)c2ccccc2)cc1. The van der Waals surface area contributed by atoms with Crippen LogP contribution >= 0.6 is 19.6 Å². The number of phosphoric ester groups is 1. The van der Waals surface area contributed by atoms with E-state index in [0.717, 1.165) is 34.2 Å². The van der Waals surface area contributed by atoms with Gasteiger partial charge in [-0.2, -0.15) is 4.98 Å². The van der Waals surface area contributed by atoms with Gasteiger partial charge < -0.3 is 19.7 Å². The van der Waals surface area contributed by atoms with E-state index in [1.165, 1.54) is 4.57 Å². The van der Waals surface area contributed by atoms with E-state index in [1.807, 2.05) is 91.9 Å². The molecule has 266 valence electrons. The van der Waals surface area contributed by atoms with Crippen LogP contribution < -0.4 is 15.7 Å². The zero-order valence-corrected chi connectivity index (χ0v) is 30.6. The van der Waals surface area contributed by atoms with Crippen LogP contribution in [-0.2, 0) is 28.7 Å². The largest absolute Gasteiger partial charge is 0.497 e. The van der Waals surface area contributed by atoms with E-state index in [0.29, 0.717) is 12.2 Å². The zero-order chi connectivity index (χ0) is 35.9. The number of thioether (sulfide) groups is 1. The summed E-state index contributed by atoms with van der Waals surface area (Å²) < 4.78 is 35.7. The van der Waals surface area contributed by atoms with Crippen molar-refractivity contribution < 1.29 is 32.8 Å². The Morgan fingerprint density at radius 3 is 2.14 bits per heavy atom. The Morgan fingerprint density at radius 1 is 0.980 bits per heavy atom. The highest BCUT2D eigenvalue weighted by Gasteiger charge is 2.39. The van der Waals surface area contributed by atoms with Gasteiger partial charge in [-0.15, -0.1) is 0 Å². The van der Waals surface area contributed by atoms with Gasteiger partial charge in [0.25, 0.3) is 0 Å². The number of rotatable bonds is 14. The predicted molar refractivity (Wildman–Crippen MR) is 194 cm³/mol. The Morgan fingerprint density at radius 2 is 1.58 bits per heavy atom. The molecule has 4 aromatic rings. The minimum absolute atomic E-state index is 0.0355. The Balaban J connectivity index is 1.32. The lowest BCUT2D eigenvalue weighted by molar-refractivity contribution is -0.117.